The Morgan fingerprint density at radius 1 is 1.29 bits per heavy atom. The molecule has 0 heterocycles. The number of nitrogens with one attached hydrogen (secondary N) is 1. The molecule has 1 atom stereocenters. The second-order valence-electron chi connectivity index (χ2n) is 5.76. The maximum Gasteiger partial charge on any atom is 0.326 e. The monoisotopic (exact) mass is 329 g/mol. The van der Waals surface area contributed by atoms with Gasteiger partial charge in [-0.05, 0) is 29.7 Å². The highest BCUT2D eigenvalue weighted by Gasteiger charge is 2.32. The van der Waals surface area contributed by atoms with E-state index in [1.807, 2.05) is 12.1 Å². The van der Waals surface area contributed by atoms with Gasteiger partial charge in [0.2, 0.25) is 5.91 Å². The molecule has 6 heteroatoms. The molecule has 2 N–H and O–H groups in total. The fraction of sp³-hybridized carbons (Fsp3) is 0.467. The number of carboxylic acid groups (broad SMARTS) is 1. The zero-order valence-corrected chi connectivity index (χ0v) is 13.9. The van der Waals surface area contributed by atoms with Crippen molar-refractivity contribution in [3.8, 4) is 0 Å². The third-order valence-corrected chi connectivity index (χ3v) is 4.10. The Morgan fingerprint density at radius 3 is 2.33 bits per heavy atom. The van der Waals surface area contributed by atoms with Gasteiger partial charge in [-0.25, -0.2) is 4.79 Å². The minimum atomic E-state index is -1.01. The lowest BCUT2D eigenvalue weighted by molar-refractivity contribution is -0.144. The van der Waals surface area contributed by atoms with E-state index in [2.05, 4.69) is 5.32 Å². The number of carbonyl (C=O) groups excluding carboxylic acids is 1. The highest BCUT2D eigenvalue weighted by molar-refractivity contribution is 7.99. The highest BCUT2D eigenvalue weighted by Crippen LogP contribution is 2.22. The molecule has 0 aromatic heterocycles. The molecule has 21 heavy (non-hydrogen) atoms. The SMILES string of the molecule is CC(C)(C)[C@H](NC(=O)CCSc1ccc(Cl)cc1)C(=O)O. The van der Waals surface area contributed by atoms with Crippen LogP contribution in [0.5, 0.6) is 0 Å². The van der Waals surface area contributed by atoms with E-state index in [1.165, 1.54) is 11.8 Å². The van der Waals surface area contributed by atoms with Crippen LogP contribution in [-0.2, 0) is 9.59 Å². The predicted octanol–water partition coefficient (Wildman–Crippen LogP) is 3.44. The molecule has 0 saturated heterocycles. The minimum absolute atomic E-state index is 0.251. The highest BCUT2D eigenvalue weighted by atomic mass is 35.5. The van der Waals surface area contributed by atoms with Gasteiger partial charge < -0.3 is 10.4 Å². The van der Waals surface area contributed by atoms with Crippen molar-refractivity contribution in [1.82, 2.24) is 5.32 Å². The normalized spacial score (nSPS) is 12.8. The largest absolute Gasteiger partial charge is 0.480 e. The second-order valence-corrected chi connectivity index (χ2v) is 7.36. The Labute approximate surface area is 134 Å². The van der Waals surface area contributed by atoms with Gasteiger partial charge in [0.15, 0.2) is 0 Å². The molecule has 0 aliphatic heterocycles. The number of carboxylic acids is 1. The first kappa shape index (κ1) is 17.9. The topological polar surface area (TPSA) is 66.4 Å². The molecule has 0 saturated carbocycles. The van der Waals surface area contributed by atoms with E-state index < -0.39 is 17.4 Å². The van der Waals surface area contributed by atoms with Crippen molar-refractivity contribution in [3.05, 3.63) is 29.3 Å². The molecule has 0 aliphatic rings. The lowest BCUT2D eigenvalue weighted by Crippen LogP contribution is -2.49. The molecule has 0 unspecified atom stereocenters. The fourth-order valence-electron chi connectivity index (χ4n) is 1.67. The predicted molar refractivity (Wildman–Crippen MR) is 85.8 cm³/mol. The van der Waals surface area contributed by atoms with Crippen LogP contribution in [0.4, 0.5) is 0 Å². The first-order valence-electron chi connectivity index (χ1n) is 6.60. The molecule has 0 radical (unpaired) electrons. The van der Waals surface area contributed by atoms with Crippen LogP contribution in [-0.4, -0.2) is 28.8 Å². The summed E-state index contributed by atoms with van der Waals surface area (Å²) < 4.78 is 0. The van der Waals surface area contributed by atoms with Crippen LogP contribution >= 0.6 is 23.4 Å². The second kappa shape index (κ2) is 7.71. The molecular formula is C15H20ClNO3S. The van der Waals surface area contributed by atoms with Gasteiger partial charge in [-0.3, -0.25) is 4.79 Å². The van der Waals surface area contributed by atoms with E-state index in [0.29, 0.717) is 10.8 Å². The summed E-state index contributed by atoms with van der Waals surface area (Å²) in [6, 6.07) is 6.49. The molecule has 4 nitrogen and oxygen atoms in total. The molecule has 1 rings (SSSR count). The first-order valence-corrected chi connectivity index (χ1v) is 7.97. The van der Waals surface area contributed by atoms with E-state index in [1.54, 1.807) is 32.9 Å². The summed E-state index contributed by atoms with van der Waals surface area (Å²) in [4.78, 5) is 24.0. The number of benzene rings is 1. The van der Waals surface area contributed by atoms with Gasteiger partial charge in [0.05, 0.1) is 0 Å². The van der Waals surface area contributed by atoms with Crippen molar-refractivity contribution >= 4 is 35.2 Å². The number of thioether (sulfide) groups is 1. The molecule has 0 aliphatic carbocycles. The van der Waals surface area contributed by atoms with E-state index in [9.17, 15) is 9.59 Å². The van der Waals surface area contributed by atoms with Gasteiger partial charge in [-0.15, -0.1) is 11.8 Å². The van der Waals surface area contributed by atoms with Crippen LogP contribution in [0.25, 0.3) is 0 Å². The average Bonchev–Trinajstić information content (AvgIpc) is 2.36. The van der Waals surface area contributed by atoms with Crippen molar-refractivity contribution in [2.24, 2.45) is 5.41 Å². The number of halogens is 1. The summed E-state index contributed by atoms with van der Waals surface area (Å²) in [6.45, 7) is 5.36. The van der Waals surface area contributed by atoms with E-state index >= 15 is 0 Å². The van der Waals surface area contributed by atoms with E-state index in [4.69, 9.17) is 16.7 Å². The minimum Gasteiger partial charge on any atom is -0.480 e. The summed E-state index contributed by atoms with van der Waals surface area (Å²) in [5.41, 5.74) is -0.523. The van der Waals surface area contributed by atoms with Gasteiger partial charge >= 0.3 is 5.97 Å². The van der Waals surface area contributed by atoms with Crippen molar-refractivity contribution < 1.29 is 14.7 Å². The van der Waals surface area contributed by atoms with E-state index in [0.717, 1.165) is 4.90 Å². The quantitative estimate of drug-likeness (QED) is 0.785. The Bertz CT molecular complexity index is 497. The Hall–Kier alpha value is -1.20. The summed E-state index contributed by atoms with van der Waals surface area (Å²) in [6.07, 6.45) is 0.271. The first-order chi connectivity index (χ1) is 9.70. The Balaban J connectivity index is 2.43. The molecule has 1 aromatic rings. The molecule has 0 bridgehead atoms. The number of hydrogen-bond acceptors (Lipinski definition) is 3. The van der Waals surface area contributed by atoms with Crippen molar-refractivity contribution in [2.45, 2.75) is 38.1 Å². The van der Waals surface area contributed by atoms with Crippen molar-refractivity contribution in [1.29, 1.82) is 0 Å². The number of aliphatic carboxylic acids is 1. The molecule has 0 spiro atoms. The average molecular weight is 330 g/mol. The zero-order valence-electron chi connectivity index (χ0n) is 12.4. The summed E-state index contributed by atoms with van der Waals surface area (Å²) in [5, 5.41) is 12.4. The zero-order chi connectivity index (χ0) is 16.0. The third kappa shape index (κ3) is 6.40. The maximum atomic E-state index is 11.8. The van der Waals surface area contributed by atoms with Crippen LogP contribution in [0.1, 0.15) is 27.2 Å². The molecular weight excluding hydrogens is 310 g/mol. The Morgan fingerprint density at radius 2 is 1.86 bits per heavy atom. The summed E-state index contributed by atoms with van der Waals surface area (Å²) in [5.74, 6) is -0.677. The Kier molecular flexibility index (Phi) is 6.55. The van der Waals surface area contributed by atoms with Crippen molar-refractivity contribution in [2.75, 3.05) is 5.75 Å². The number of carbonyl (C=O) groups is 2. The van der Waals surface area contributed by atoms with Crippen LogP contribution < -0.4 is 5.32 Å². The lowest BCUT2D eigenvalue weighted by Gasteiger charge is -2.27. The smallest absolute Gasteiger partial charge is 0.326 e. The molecule has 0 fully saturated rings. The van der Waals surface area contributed by atoms with Gasteiger partial charge in [0.1, 0.15) is 6.04 Å². The van der Waals surface area contributed by atoms with Crippen molar-refractivity contribution in [3.63, 3.8) is 0 Å². The summed E-state index contributed by atoms with van der Waals surface area (Å²) in [7, 11) is 0. The number of rotatable bonds is 6. The van der Waals surface area contributed by atoms with Crippen LogP contribution in [0.2, 0.25) is 5.02 Å². The van der Waals surface area contributed by atoms with Gasteiger partial charge in [0.25, 0.3) is 0 Å². The van der Waals surface area contributed by atoms with Crippen LogP contribution in [0.3, 0.4) is 0 Å². The summed E-state index contributed by atoms with van der Waals surface area (Å²) >= 11 is 7.33. The standard InChI is InChI=1S/C15H20ClNO3S/c1-15(2,3)13(14(19)20)17-12(18)8-9-21-11-6-4-10(16)5-7-11/h4-7,13H,8-9H2,1-3H3,(H,17,18)(H,19,20)/t13-/m1/s1. The van der Waals surface area contributed by atoms with Gasteiger partial charge in [0, 0.05) is 22.1 Å². The number of amides is 1. The fourth-order valence-corrected chi connectivity index (χ4v) is 2.65. The molecule has 116 valence electrons. The van der Waals surface area contributed by atoms with E-state index in [-0.39, 0.29) is 12.3 Å². The number of hydrogen-bond donors (Lipinski definition) is 2. The van der Waals surface area contributed by atoms with Gasteiger partial charge in [-0.2, -0.15) is 0 Å². The van der Waals surface area contributed by atoms with Crippen LogP contribution in [0.15, 0.2) is 29.2 Å². The third-order valence-electron chi connectivity index (χ3n) is 2.83. The van der Waals surface area contributed by atoms with Crippen LogP contribution in [0, 0.1) is 5.41 Å². The molecule has 1 amide bonds. The molecule has 1 aromatic carbocycles. The lowest BCUT2D eigenvalue weighted by atomic mass is 9.87. The van der Waals surface area contributed by atoms with Gasteiger partial charge in [-0.1, -0.05) is 32.4 Å². The maximum absolute atomic E-state index is 11.8.